The number of hydrogen-bond donors (Lipinski definition) is 2. The number of carbonyl (C=O) groups excluding carboxylic acids is 1. The summed E-state index contributed by atoms with van der Waals surface area (Å²) in [6.45, 7) is 5.70. The second-order valence-corrected chi connectivity index (χ2v) is 12.8. The zero-order valence-corrected chi connectivity index (χ0v) is 21.6. The first kappa shape index (κ1) is 23.7. The summed E-state index contributed by atoms with van der Waals surface area (Å²) in [5.74, 6) is 1.14. The molecule has 1 amide bonds. The van der Waals surface area contributed by atoms with Gasteiger partial charge in [-0.05, 0) is 55.0 Å². The maximum absolute atomic E-state index is 13.3. The minimum absolute atomic E-state index is 0.143. The van der Waals surface area contributed by atoms with Crippen LogP contribution in [0.1, 0.15) is 62.0 Å². The molecular weight excluding hydrogens is 476 g/mol. The Labute approximate surface area is 212 Å². The molecule has 2 N–H and O–H groups in total. The fraction of sp³-hybridized carbons (Fsp3) is 0.556. The van der Waals surface area contributed by atoms with E-state index in [4.69, 9.17) is 4.74 Å². The van der Waals surface area contributed by atoms with Crippen LogP contribution >= 0.6 is 0 Å². The quantitative estimate of drug-likeness (QED) is 0.590. The van der Waals surface area contributed by atoms with E-state index in [2.05, 4.69) is 32.1 Å². The summed E-state index contributed by atoms with van der Waals surface area (Å²) < 4.78 is 34.9. The van der Waals surface area contributed by atoms with Crippen molar-refractivity contribution in [2.24, 2.45) is 5.41 Å². The van der Waals surface area contributed by atoms with E-state index < -0.39 is 21.5 Å². The zero-order chi connectivity index (χ0) is 25.0. The highest BCUT2D eigenvalue weighted by Gasteiger charge is 2.55. The average Bonchev–Trinajstić information content (AvgIpc) is 3.59. The summed E-state index contributed by atoms with van der Waals surface area (Å²) in [6, 6.07) is 11.1. The summed E-state index contributed by atoms with van der Waals surface area (Å²) in [7, 11) is -4.12. The minimum atomic E-state index is -4.12. The lowest BCUT2D eigenvalue weighted by Gasteiger charge is -2.56. The molecular formula is C27H34N4O4S. The molecule has 3 heterocycles. The Balaban J connectivity index is 1.17. The van der Waals surface area contributed by atoms with Gasteiger partial charge in [-0.1, -0.05) is 37.5 Å². The molecule has 8 nitrogen and oxygen atoms in total. The first-order chi connectivity index (χ1) is 17.3. The molecule has 192 valence electrons. The van der Waals surface area contributed by atoms with Gasteiger partial charge in [0.1, 0.15) is 11.6 Å². The number of nitrogens with one attached hydrogen (secondary N) is 2. The van der Waals surface area contributed by atoms with Crippen LogP contribution in [0.25, 0.3) is 0 Å². The number of sulfonamides is 1. The maximum Gasteiger partial charge on any atom is 0.281 e. The molecule has 1 spiro atoms. The van der Waals surface area contributed by atoms with Gasteiger partial charge in [0.15, 0.2) is 10.6 Å². The van der Waals surface area contributed by atoms with Crippen molar-refractivity contribution in [3.8, 4) is 5.75 Å². The van der Waals surface area contributed by atoms with Crippen molar-refractivity contribution in [2.45, 2.75) is 68.4 Å². The lowest BCUT2D eigenvalue weighted by molar-refractivity contribution is -0.128. The Morgan fingerprint density at radius 3 is 2.53 bits per heavy atom. The Kier molecular flexibility index (Phi) is 5.75. The van der Waals surface area contributed by atoms with Crippen molar-refractivity contribution >= 4 is 21.7 Å². The predicted molar refractivity (Wildman–Crippen MR) is 137 cm³/mol. The molecule has 4 fully saturated rings. The summed E-state index contributed by atoms with van der Waals surface area (Å²) in [6.07, 6.45) is 6.86. The monoisotopic (exact) mass is 510 g/mol. The molecule has 4 aliphatic rings. The van der Waals surface area contributed by atoms with Crippen LogP contribution in [0.5, 0.6) is 5.75 Å². The van der Waals surface area contributed by atoms with Crippen LogP contribution < -0.4 is 19.7 Å². The van der Waals surface area contributed by atoms with Gasteiger partial charge in [0.05, 0.1) is 0 Å². The Hall–Kier alpha value is -2.65. The molecule has 2 saturated carbocycles. The number of benzene rings is 1. The van der Waals surface area contributed by atoms with Gasteiger partial charge in [0.25, 0.3) is 15.9 Å². The number of aryl methyl sites for hydroxylation is 1. The van der Waals surface area contributed by atoms with Crippen molar-refractivity contribution in [3.05, 3.63) is 47.5 Å². The van der Waals surface area contributed by atoms with Crippen molar-refractivity contribution in [1.82, 2.24) is 15.0 Å². The number of rotatable bonds is 7. The van der Waals surface area contributed by atoms with Crippen LogP contribution in [0, 0.1) is 12.3 Å². The number of nitrogens with zero attached hydrogens (tertiary/aromatic N) is 2. The van der Waals surface area contributed by atoms with Gasteiger partial charge in [-0.2, -0.15) is 8.42 Å². The molecule has 6 rings (SSSR count). The van der Waals surface area contributed by atoms with E-state index in [0.29, 0.717) is 35.7 Å². The van der Waals surface area contributed by atoms with Crippen LogP contribution in [0.3, 0.4) is 0 Å². The molecule has 1 aromatic carbocycles. The highest BCUT2D eigenvalue weighted by Crippen LogP contribution is 2.45. The molecule has 0 unspecified atom stereocenters. The number of ether oxygens (including phenoxy) is 1. The van der Waals surface area contributed by atoms with E-state index in [1.807, 2.05) is 19.1 Å². The van der Waals surface area contributed by atoms with Crippen molar-refractivity contribution in [1.29, 1.82) is 0 Å². The van der Waals surface area contributed by atoms with Crippen LogP contribution in [0.4, 0.5) is 5.82 Å². The van der Waals surface area contributed by atoms with E-state index in [1.165, 1.54) is 25.3 Å². The number of amides is 1. The van der Waals surface area contributed by atoms with Crippen LogP contribution in [0.2, 0.25) is 0 Å². The number of carbonyl (C=O) groups is 1. The largest absolute Gasteiger partial charge is 0.477 e. The van der Waals surface area contributed by atoms with E-state index in [-0.39, 0.29) is 5.03 Å². The Morgan fingerprint density at radius 2 is 1.86 bits per heavy atom. The molecule has 0 bridgehead atoms. The van der Waals surface area contributed by atoms with Gasteiger partial charge in [-0.3, -0.25) is 4.79 Å². The molecule has 1 aromatic heterocycles. The molecule has 2 aromatic rings. The fourth-order valence-corrected chi connectivity index (χ4v) is 6.81. The van der Waals surface area contributed by atoms with Gasteiger partial charge < -0.3 is 15.0 Å². The first-order valence-corrected chi connectivity index (χ1v) is 14.6. The molecule has 2 saturated heterocycles. The normalized spacial score (nSPS) is 22.4. The van der Waals surface area contributed by atoms with Crippen LogP contribution in [-0.4, -0.2) is 51.1 Å². The Morgan fingerprint density at radius 1 is 1.11 bits per heavy atom. The molecule has 2 aliphatic heterocycles. The van der Waals surface area contributed by atoms with Gasteiger partial charge in [-0.15, -0.1) is 0 Å². The third-order valence-electron chi connectivity index (χ3n) is 8.23. The third kappa shape index (κ3) is 4.36. The second-order valence-electron chi connectivity index (χ2n) is 11.2. The number of pyridine rings is 1. The standard InChI is InChI=1S/C27H34N4O4S/c1-19-10-11-21(20-6-3-2-4-7-20)22(14-19)35-27(12-13-27)25(32)30-36(33,34)24-9-5-8-23(29-24)31-17-26(18-31)15-28-16-26/h5,8-11,14,20,28H,2-4,6-7,12-13,15-18H2,1H3,(H,30,32). The maximum atomic E-state index is 13.3. The lowest BCUT2D eigenvalue weighted by atomic mass is 9.74. The van der Waals surface area contributed by atoms with Crippen molar-refractivity contribution in [3.63, 3.8) is 0 Å². The molecule has 0 atom stereocenters. The van der Waals surface area contributed by atoms with E-state index in [0.717, 1.165) is 50.1 Å². The van der Waals surface area contributed by atoms with Crippen LogP contribution in [0.15, 0.2) is 41.4 Å². The summed E-state index contributed by atoms with van der Waals surface area (Å²) in [4.78, 5) is 19.7. The fourth-order valence-electron chi connectivity index (χ4n) is 5.80. The van der Waals surface area contributed by atoms with Crippen molar-refractivity contribution < 1.29 is 17.9 Å². The van der Waals surface area contributed by atoms with Crippen LogP contribution in [-0.2, 0) is 14.8 Å². The molecule has 2 aliphatic carbocycles. The predicted octanol–water partition coefficient (Wildman–Crippen LogP) is 3.26. The Bertz CT molecular complexity index is 1270. The summed E-state index contributed by atoms with van der Waals surface area (Å²) in [5, 5.41) is 3.15. The smallest absolute Gasteiger partial charge is 0.281 e. The SMILES string of the molecule is Cc1ccc(C2CCCCC2)c(OC2(C(=O)NS(=O)(=O)c3cccc(N4CC5(CNC5)C4)n3)CC2)c1. The molecule has 9 heteroatoms. The first-order valence-electron chi connectivity index (χ1n) is 13.1. The van der Waals surface area contributed by atoms with E-state index in [1.54, 1.807) is 6.07 Å². The third-order valence-corrected chi connectivity index (χ3v) is 9.46. The average molecular weight is 511 g/mol. The highest BCUT2D eigenvalue weighted by atomic mass is 32.2. The number of anilines is 1. The lowest BCUT2D eigenvalue weighted by Crippen LogP contribution is -2.71. The highest BCUT2D eigenvalue weighted by molar-refractivity contribution is 7.90. The summed E-state index contributed by atoms with van der Waals surface area (Å²) in [5.41, 5.74) is 1.33. The topological polar surface area (TPSA) is 101 Å². The molecule has 0 radical (unpaired) electrons. The van der Waals surface area contributed by atoms with Gasteiger partial charge in [0, 0.05) is 44.4 Å². The van der Waals surface area contributed by atoms with E-state index in [9.17, 15) is 13.2 Å². The zero-order valence-electron chi connectivity index (χ0n) is 20.8. The van der Waals surface area contributed by atoms with Gasteiger partial charge in [0.2, 0.25) is 0 Å². The van der Waals surface area contributed by atoms with E-state index >= 15 is 0 Å². The summed E-state index contributed by atoms with van der Waals surface area (Å²) >= 11 is 0. The number of hydrogen-bond acceptors (Lipinski definition) is 7. The minimum Gasteiger partial charge on any atom is -0.477 e. The van der Waals surface area contributed by atoms with Crippen molar-refractivity contribution in [2.75, 3.05) is 31.1 Å². The second kappa shape index (κ2) is 8.73. The number of aromatic nitrogens is 1. The van der Waals surface area contributed by atoms with Gasteiger partial charge in [-0.25, -0.2) is 9.71 Å². The molecule has 36 heavy (non-hydrogen) atoms. The van der Waals surface area contributed by atoms with Gasteiger partial charge >= 0.3 is 0 Å².